The van der Waals surface area contributed by atoms with Crippen molar-refractivity contribution in [1.82, 2.24) is 0 Å². The van der Waals surface area contributed by atoms with Crippen molar-refractivity contribution in [2.75, 3.05) is 29.5 Å². The Labute approximate surface area is 95.8 Å². The third-order valence-electron chi connectivity index (χ3n) is 3.47. The van der Waals surface area contributed by atoms with Crippen LogP contribution in [-0.4, -0.2) is 24.3 Å². The third kappa shape index (κ3) is 1.80. The van der Waals surface area contributed by atoms with Gasteiger partial charge >= 0.3 is 0 Å². The van der Waals surface area contributed by atoms with Gasteiger partial charge in [-0.1, -0.05) is 6.92 Å². The lowest BCUT2D eigenvalue weighted by molar-refractivity contribution is 0.245. The Hall–Kier alpha value is -1.42. The van der Waals surface area contributed by atoms with Crippen LogP contribution in [0.2, 0.25) is 0 Å². The highest BCUT2D eigenvalue weighted by Gasteiger charge is 2.30. The minimum atomic E-state index is 0.186. The van der Waals surface area contributed by atoms with Gasteiger partial charge in [0.15, 0.2) is 0 Å². The number of nitrogens with zero attached hydrogens (tertiary/aromatic N) is 1. The van der Waals surface area contributed by atoms with Gasteiger partial charge < -0.3 is 21.5 Å². The summed E-state index contributed by atoms with van der Waals surface area (Å²) in [6.07, 6.45) is 1.11. The first-order chi connectivity index (χ1) is 7.63. The van der Waals surface area contributed by atoms with Crippen molar-refractivity contribution in [2.24, 2.45) is 5.92 Å². The van der Waals surface area contributed by atoms with Crippen LogP contribution in [0, 0.1) is 5.92 Å². The van der Waals surface area contributed by atoms with E-state index in [1.54, 1.807) is 0 Å². The number of nitrogens with two attached hydrogens (primary N) is 2. The van der Waals surface area contributed by atoms with Gasteiger partial charge in [-0.3, -0.25) is 0 Å². The zero-order valence-electron chi connectivity index (χ0n) is 9.56. The molecule has 0 radical (unpaired) electrons. The molecule has 2 unspecified atom stereocenters. The van der Waals surface area contributed by atoms with Crippen molar-refractivity contribution >= 4 is 17.1 Å². The number of aliphatic hydroxyl groups is 1. The summed E-state index contributed by atoms with van der Waals surface area (Å²) in [6.45, 7) is 3.32. The molecule has 2 rings (SSSR count). The summed E-state index contributed by atoms with van der Waals surface area (Å²) in [6, 6.07) is 5.87. The minimum Gasteiger partial charge on any atom is -0.397 e. The molecule has 0 amide bonds. The normalized spacial score (nSPS) is 25.0. The lowest BCUT2D eigenvalue weighted by Crippen LogP contribution is -2.35. The summed E-state index contributed by atoms with van der Waals surface area (Å²) in [4.78, 5) is 2.21. The lowest BCUT2D eigenvalue weighted by Gasteiger charge is -2.27. The molecule has 0 bridgehead atoms. The Bertz CT molecular complexity index is 381. The first-order valence-corrected chi connectivity index (χ1v) is 5.66. The summed E-state index contributed by atoms with van der Waals surface area (Å²) in [7, 11) is 0. The van der Waals surface area contributed by atoms with Gasteiger partial charge in [0.05, 0.1) is 24.0 Å². The maximum absolute atomic E-state index is 9.39. The highest BCUT2D eigenvalue weighted by Crippen LogP contribution is 2.31. The van der Waals surface area contributed by atoms with Gasteiger partial charge in [-0.2, -0.15) is 0 Å². The maximum atomic E-state index is 9.39. The van der Waals surface area contributed by atoms with Crippen molar-refractivity contribution < 1.29 is 5.11 Å². The Morgan fingerprint density at radius 3 is 2.75 bits per heavy atom. The SMILES string of the molecule is CC1CCN(c2ccc(N)c(N)c2)C1CO. The maximum Gasteiger partial charge on any atom is 0.0637 e. The van der Waals surface area contributed by atoms with E-state index in [1.807, 2.05) is 18.2 Å². The van der Waals surface area contributed by atoms with Gasteiger partial charge in [-0.05, 0) is 30.5 Å². The predicted molar refractivity (Wildman–Crippen MR) is 67.3 cm³/mol. The average Bonchev–Trinajstić information content (AvgIpc) is 2.63. The van der Waals surface area contributed by atoms with Crippen molar-refractivity contribution in [3.05, 3.63) is 18.2 Å². The molecule has 0 saturated carbocycles. The molecule has 1 aliphatic rings. The van der Waals surface area contributed by atoms with E-state index in [0.717, 1.165) is 18.7 Å². The molecule has 4 nitrogen and oxygen atoms in total. The topological polar surface area (TPSA) is 75.5 Å². The third-order valence-corrected chi connectivity index (χ3v) is 3.47. The van der Waals surface area contributed by atoms with Gasteiger partial charge in [0.25, 0.3) is 0 Å². The van der Waals surface area contributed by atoms with Crippen LogP contribution >= 0.6 is 0 Å². The van der Waals surface area contributed by atoms with Gasteiger partial charge in [0.1, 0.15) is 0 Å². The van der Waals surface area contributed by atoms with E-state index in [4.69, 9.17) is 11.5 Å². The molecule has 2 atom stereocenters. The fourth-order valence-corrected chi connectivity index (χ4v) is 2.35. The van der Waals surface area contributed by atoms with Crippen LogP contribution in [0.4, 0.5) is 17.1 Å². The fraction of sp³-hybridized carbons (Fsp3) is 0.500. The largest absolute Gasteiger partial charge is 0.397 e. The van der Waals surface area contributed by atoms with E-state index in [2.05, 4.69) is 11.8 Å². The monoisotopic (exact) mass is 221 g/mol. The molecule has 1 heterocycles. The van der Waals surface area contributed by atoms with E-state index < -0.39 is 0 Å². The standard InChI is InChI=1S/C12H19N3O/c1-8-4-5-15(12(8)7-16)9-2-3-10(13)11(14)6-9/h2-3,6,8,12,16H,4-5,7,13-14H2,1H3. The van der Waals surface area contributed by atoms with Crippen LogP contribution < -0.4 is 16.4 Å². The number of hydrogen-bond donors (Lipinski definition) is 3. The molecular formula is C12H19N3O. The average molecular weight is 221 g/mol. The van der Waals surface area contributed by atoms with Crippen molar-refractivity contribution in [3.8, 4) is 0 Å². The molecular weight excluding hydrogens is 202 g/mol. The summed E-state index contributed by atoms with van der Waals surface area (Å²) in [5.74, 6) is 0.517. The second kappa shape index (κ2) is 4.22. The molecule has 1 aliphatic heterocycles. The molecule has 0 aromatic heterocycles. The van der Waals surface area contributed by atoms with Gasteiger partial charge in [-0.15, -0.1) is 0 Å². The van der Waals surface area contributed by atoms with E-state index in [-0.39, 0.29) is 12.6 Å². The minimum absolute atomic E-state index is 0.186. The fourth-order valence-electron chi connectivity index (χ4n) is 2.35. The molecule has 88 valence electrons. The van der Waals surface area contributed by atoms with Crippen molar-refractivity contribution in [3.63, 3.8) is 0 Å². The second-order valence-corrected chi connectivity index (χ2v) is 4.52. The van der Waals surface area contributed by atoms with Crippen LogP contribution in [0.3, 0.4) is 0 Å². The van der Waals surface area contributed by atoms with Crippen LogP contribution in [0.15, 0.2) is 18.2 Å². The Morgan fingerprint density at radius 1 is 1.38 bits per heavy atom. The van der Waals surface area contributed by atoms with Gasteiger partial charge in [0.2, 0.25) is 0 Å². The molecule has 1 saturated heterocycles. The highest BCUT2D eigenvalue weighted by atomic mass is 16.3. The predicted octanol–water partition coefficient (Wildman–Crippen LogP) is 1.06. The smallest absolute Gasteiger partial charge is 0.0637 e. The van der Waals surface area contributed by atoms with E-state index in [0.29, 0.717) is 17.3 Å². The van der Waals surface area contributed by atoms with Crippen molar-refractivity contribution in [1.29, 1.82) is 0 Å². The zero-order chi connectivity index (χ0) is 11.7. The Kier molecular flexibility index (Phi) is 2.92. The molecule has 4 heteroatoms. The molecule has 1 aromatic carbocycles. The first-order valence-electron chi connectivity index (χ1n) is 5.66. The summed E-state index contributed by atoms with van der Waals surface area (Å²) in [5, 5.41) is 9.39. The van der Waals surface area contributed by atoms with Crippen molar-refractivity contribution in [2.45, 2.75) is 19.4 Å². The Balaban J connectivity index is 2.27. The summed E-state index contributed by atoms with van der Waals surface area (Å²) in [5.41, 5.74) is 13.7. The molecule has 0 aliphatic carbocycles. The molecule has 1 fully saturated rings. The summed E-state index contributed by atoms with van der Waals surface area (Å²) < 4.78 is 0. The number of anilines is 3. The number of nitrogen functional groups attached to an aromatic ring is 2. The van der Waals surface area contributed by atoms with Crippen LogP contribution in [0.1, 0.15) is 13.3 Å². The molecule has 16 heavy (non-hydrogen) atoms. The Morgan fingerprint density at radius 2 is 2.12 bits per heavy atom. The number of aliphatic hydroxyl groups excluding tert-OH is 1. The van der Waals surface area contributed by atoms with Crippen LogP contribution in [0.5, 0.6) is 0 Å². The number of benzene rings is 1. The molecule has 0 spiro atoms. The number of rotatable bonds is 2. The van der Waals surface area contributed by atoms with Gasteiger partial charge in [0, 0.05) is 12.2 Å². The second-order valence-electron chi connectivity index (χ2n) is 4.52. The molecule has 1 aromatic rings. The zero-order valence-corrected chi connectivity index (χ0v) is 9.56. The van der Waals surface area contributed by atoms with Gasteiger partial charge in [-0.25, -0.2) is 0 Å². The quantitative estimate of drug-likeness (QED) is 0.653. The molecule has 5 N–H and O–H groups in total. The number of hydrogen-bond acceptors (Lipinski definition) is 4. The van der Waals surface area contributed by atoms with E-state index in [9.17, 15) is 5.11 Å². The van der Waals surface area contributed by atoms with E-state index >= 15 is 0 Å². The van der Waals surface area contributed by atoms with Crippen LogP contribution in [-0.2, 0) is 0 Å². The lowest BCUT2D eigenvalue weighted by atomic mass is 10.0. The highest BCUT2D eigenvalue weighted by molar-refractivity contribution is 5.70. The van der Waals surface area contributed by atoms with E-state index in [1.165, 1.54) is 0 Å². The first kappa shape index (κ1) is 11.1. The van der Waals surface area contributed by atoms with Crippen LogP contribution in [0.25, 0.3) is 0 Å². The summed E-state index contributed by atoms with van der Waals surface area (Å²) >= 11 is 0.